The number of hydrogen-bond acceptors (Lipinski definition) is 2. The van der Waals surface area contributed by atoms with E-state index in [1.54, 1.807) is 0 Å². The van der Waals surface area contributed by atoms with Crippen molar-refractivity contribution in [1.82, 2.24) is 0 Å². The molecule has 0 fully saturated rings. The van der Waals surface area contributed by atoms with Gasteiger partial charge in [0.1, 0.15) is 0 Å². The molecule has 78 valence electrons. The van der Waals surface area contributed by atoms with Crippen molar-refractivity contribution in [1.29, 1.82) is 0 Å². The Hall–Kier alpha value is -0.900. The molecule has 0 saturated heterocycles. The summed E-state index contributed by atoms with van der Waals surface area (Å²) in [6.07, 6.45) is 0. The van der Waals surface area contributed by atoms with E-state index in [-0.39, 0.29) is 0 Å². The van der Waals surface area contributed by atoms with Crippen molar-refractivity contribution in [3.63, 3.8) is 0 Å². The Labute approximate surface area is 97.1 Å². The summed E-state index contributed by atoms with van der Waals surface area (Å²) in [6.45, 7) is 2.52. The zero-order valence-corrected chi connectivity index (χ0v) is 10.0. The molecule has 0 heterocycles. The van der Waals surface area contributed by atoms with Gasteiger partial charge in [0.25, 0.3) is 0 Å². The highest BCUT2D eigenvalue weighted by molar-refractivity contribution is 9.10. The molecule has 15 heavy (non-hydrogen) atoms. The smallest absolute Gasteiger partial charge is 0.0932 e. The summed E-state index contributed by atoms with van der Waals surface area (Å²) in [5.74, 6) is 5.09. The minimum atomic E-state index is 0.456. The van der Waals surface area contributed by atoms with Crippen molar-refractivity contribution in [3.05, 3.63) is 45.9 Å². The van der Waals surface area contributed by atoms with Crippen LogP contribution in [0.25, 0.3) is 10.8 Å². The molecule has 2 nitrogen and oxygen atoms in total. The SMILES string of the molecule is Cc1cc2cc(Br)ccc2cc1CON. The fourth-order valence-electron chi connectivity index (χ4n) is 1.67. The average molecular weight is 266 g/mol. The molecule has 2 rings (SSSR count). The van der Waals surface area contributed by atoms with Crippen LogP contribution in [0.3, 0.4) is 0 Å². The maximum absolute atomic E-state index is 5.09. The molecule has 3 heteroatoms. The number of fused-ring (bicyclic) bond motifs is 1. The van der Waals surface area contributed by atoms with Crippen LogP contribution < -0.4 is 5.90 Å². The predicted molar refractivity (Wildman–Crippen MR) is 65.4 cm³/mol. The lowest BCUT2D eigenvalue weighted by atomic mass is 10.0. The Kier molecular flexibility index (Phi) is 3.05. The van der Waals surface area contributed by atoms with Crippen LogP contribution in [0.1, 0.15) is 11.1 Å². The first-order chi connectivity index (χ1) is 7.20. The van der Waals surface area contributed by atoms with Crippen LogP contribution in [-0.2, 0) is 11.4 Å². The van der Waals surface area contributed by atoms with Gasteiger partial charge in [0.2, 0.25) is 0 Å². The number of nitrogens with two attached hydrogens (primary N) is 1. The third-order valence-electron chi connectivity index (χ3n) is 2.50. The molecule has 0 aromatic heterocycles. The Bertz CT molecular complexity index is 496. The summed E-state index contributed by atoms with van der Waals surface area (Å²) in [7, 11) is 0. The van der Waals surface area contributed by atoms with Crippen LogP contribution >= 0.6 is 15.9 Å². The van der Waals surface area contributed by atoms with Crippen LogP contribution in [0.4, 0.5) is 0 Å². The van der Waals surface area contributed by atoms with E-state index in [1.807, 2.05) is 6.07 Å². The summed E-state index contributed by atoms with van der Waals surface area (Å²) in [5.41, 5.74) is 2.33. The number of halogens is 1. The highest BCUT2D eigenvalue weighted by Crippen LogP contribution is 2.23. The molecule has 0 bridgehead atoms. The lowest BCUT2D eigenvalue weighted by molar-refractivity contribution is 0.124. The van der Waals surface area contributed by atoms with Crippen molar-refractivity contribution >= 4 is 26.7 Å². The number of hydrogen-bond donors (Lipinski definition) is 1. The van der Waals surface area contributed by atoms with Gasteiger partial charge in [0.15, 0.2) is 0 Å². The van der Waals surface area contributed by atoms with E-state index in [0.717, 1.165) is 10.0 Å². The van der Waals surface area contributed by atoms with Crippen LogP contribution in [0.2, 0.25) is 0 Å². The standard InChI is InChI=1S/C12H12BrNO/c1-8-4-10-6-12(13)3-2-9(10)5-11(8)7-15-14/h2-6H,7,14H2,1H3. The normalized spacial score (nSPS) is 10.9. The van der Waals surface area contributed by atoms with Crippen molar-refractivity contribution in [3.8, 4) is 0 Å². The van der Waals surface area contributed by atoms with Crippen LogP contribution in [0.5, 0.6) is 0 Å². The van der Waals surface area contributed by atoms with Gasteiger partial charge in [-0.15, -0.1) is 0 Å². The quantitative estimate of drug-likeness (QED) is 0.846. The molecular weight excluding hydrogens is 254 g/mol. The van der Waals surface area contributed by atoms with Crippen LogP contribution in [-0.4, -0.2) is 0 Å². The molecule has 2 aromatic rings. The lowest BCUT2D eigenvalue weighted by Gasteiger charge is -2.07. The first-order valence-corrected chi connectivity index (χ1v) is 5.50. The first-order valence-electron chi connectivity index (χ1n) is 4.71. The molecule has 0 spiro atoms. The van der Waals surface area contributed by atoms with Gasteiger partial charge in [-0.05, 0) is 47.0 Å². The maximum Gasteiger partial charge on any atom is 0.0932 e. The highest BCUT2D eigenvalue weighted by Gasteiger charge is 2.01. The summed E-state index contributed by atoms with van der Waals surface area (Å²) in [4.78, 5) is 4.67. The van der Waals surface area contributed by atoms with Crippen molar-refractivity contribution in [2.45, 2.75) is 13.5 Å². The highest BCUT2D eigenvalue weighted by atomic mass is 79.9. The summed E-state index contributed by atoms with van der Waals surface area (Å²) >= 11 is 3.46. The Morgan fingerprint density at radius 2 is 2.00 bits per heavy atom. The molecule has 0 saturated carbocycles. The molecule has 0 amide bonds. The van der Waals surface area contributed by atoms with Crippen molar-refractivity contribution < 1.29 is 4.84 Å². The largest absolute Gasteiger partial charge is 0.300 e. The van der Waals surface area contributed by atoms with Crippen molar-refractivity contribution in [2.75, 3.05) is 0 Å². The monoisotopic (exact) mass is 265 g/mol. The predicted octanol–water partition coefficient (Wildman–Crippen LogP) is 3.30. The average Bonchev–Trinajstić information content (AvgIpc) is 2.20. The van der Waals surface area contributed by atoms with E-state index < -0.39 is 0 Å². The van der Waals surface area contributed by atoms with Gasteiger partial charge in [-0.2, -0.15) is 0 Å². The Balaban J connectivity index is 2.60. The Morgan fingerprint density at radius 1 is 1.20 bits per heavy atom. The number of rotatable bonds is 2. The van der Waals surface area contributed by atoms with Crippen molar-refractivity contribution in [2.24, 2.45) is 5.90 Å². The van der Waals surface area contributed by atoms with E-state index in [4.69, 9.17) is 5.90 Å². The molecule has 0 aliphatic heterocycles. The molecule has 0 radical (unpaired) electrons. The maximum atomic E-state index is 5.09. The summed E-state index contributed by atoms with van der Waals surface area (Å²) in [5, 5.41) is 2.43. The van der Waals surface area contributed by atoms with Gasteiger partial charge in [0, 0.05) is 4.47 Å². The van der Waals surface area contributed by atoms with Gasteiger partial charge in [-0.3, -0.25) is 4.84 Å². The number of benzene rings is 2. The van der Waals surface area contributed by atoms with E-state index in [9.17, 15) is 0 Å². The molecule has 0 aliphatic rings. The molecule has 2 N–H and O–H groups in total. The summed E-state index contributed by atoms with van der Waals surface area (Å²) < 4.78 is 1.09. The van der Waals surface area contributed by atoms with Gasteiger partial charge >= 0.3 is 0 Å². The Morgan fingerprint density at radius 3 is 2.73 bits per heavy atom. The third kappa shape index (κ3) is 2.20. The van der Waals surface area contributed by atoms with Gasteiger partial charge < -0.3 is 0 Å². The molecule has 0 unspecified atom stereocenters. The fourth-order valence-corrected chi connectivity index (χ4v) is 2.05. The minimum Gasteiger partial charge on any atom is -0.300 e. The zero-order chi connectivity index (χ0) is 10.8. The first kappa shape index (κ1) is 10.6. The minimum absolute atomic E-state index is 0.456. The lowest BCUT2D eigenvalue weighted by Crippen LogP contribution is -2.00. The molecule has 0 aliphatic carbocycles. The van der Waals surface area contributed by atoms with E-state index >= 15 is 0 Å². The second kappa shape index (κ2) is 4.31. The van der Waals surface area contributed by atoms with E-state index in [2.05, 4.69) is 52.0 Å². The second-order valence-electron chi connectivity index (χ2n) is 3.58. The van der Waals surface area contributed by atoms with Gasteiger partial charge in [0.05, 0.1) is 6.61 Å². The third-order valence-corrected chi connectivity index (χ3v) is 2.99. The van der Waals surface area contributed by atoms with Gasteiger partial charge in [-0.25, -0.2) is 5.90 Å². The fraction of sp³-hybridized carbons (Fsp3) is 0.167. The van der Waals surface area contributed by atoms with E-state index in [1.165, 1.54) is 16.3 Å². The second-order valence-corrected chi connectivity index (χ2v) is 4.50. The molecule has 0 atom stereocenters. The number of aryl methyl sites for hydroxylation is 1. The zero-order valence-electron chi connectivity index (χ0n) is 8.46. The molecule has 2 aromatic carbocycles. The van der Waals surface area contributed by atoms with Crippen LogP contribution in [0, 0.1) is 6.92 Å². The summed E-state index contributed by atoms with van der Waals surface area (Å²) in [6, 6.07) is 10.5. The topological polar surface area (TPSA) is 35.2 Å². The van der Waals surface area contributed by atoms with E-state index in [0.29, 0.717) is 6.61 Å². The van der Waals surface area contributed by atoms with Crippen LogP contribution in [0.15, 0.2) is 34.8 Å². The van der Waals surface area contributed by atoms with Gasteiger partial charge in [-0.1, -0.05) is 28.1 Å². The molecular formula is C12H12BrNO.